The molecule has 4 nitrogen and oxygen atoms in total. The van der Waals surface area contributed by atoms with Crippen LogP contribution in [0.2, 0.25) is 0 Å². The summed E-state index contributed by atoms with van der Waals surface area (Å²) in [5, 5.41) is 13.2. The van der Waals surface area contributed by atoms with Crippen LogP contribution in [-0.2, 0) is 4.79 Å². The van der Waals surface area contributed by atoms with Gasteiger partial charge in [-0.25, -0.2) is 0 Å². The molecule has 0 rings (SSSR count). The van der Waals surface area contributed by atoms with Gasteiger partial charge in [-0.05, 0) is 18.8 Å². The molecule has 0 radical (unpaired) electrons. The van der Waals surface area contributed by atoms with Crippen molar-refractivity contribution in [3.05, 3.63) is 0 Å². The summed E-state index contributed by atoms with van der Waals surface area (Å²) in [5.41, 5.74) is 0. The molecular formula is C14H24F3N3O. The molecule has 0 fully saturated rings. The second-order valence-corrected chi connectivity index (χ2v) is 5.46. The first-order valence-electron chi connectivity index (χ1n) is 7.19. The van der Waals surface area contributed by atoms with Crippen LogP contribution in [0.4, 0.5) is 13.2 Å². The highest BCUT2D eigenvalue weighted by Crippen LogP contribution is 2.25. The predicted molar refractivity (Wildman–Crippen MR) is 74.4 cm³/mol. The Morgan fingerprint density at radius 1 is 1.33 bits per heavy atom. The van der Waals surface area contributed by atoms with E-state index in [0.29, 0.717) is 12.8 Å². The highest BCUT2D eigenvalue weighted by molar-refractivity contribution is 5.81. The molecule has 122 valence electrons. The van der Waals surface area contributed by atoms with Crippen LogP contribution in [0.1, 0.15) is 46.5 Å². The van der Waals surface area contributed by atoms with E-state index in [1.54, 1.807) is 6.07 Å². The van der Waals surface area contributed by atoms with E-state index in [1.165, 1.54) is 0 Å². The predicted octanol–water partition coefficient (Wildman–Crippen LogP) is 2.75. The third kappa shape index (κ3) is 8.56. The molecule has 0 aliphatic heterocycles. The quantitative estimate of drug-likeness (QED) is 0.644. The van der Waals surface area contributed by atoms with Crippen molar-refractivity contribution < 1.29 is 18.0 Å². The molecule has 0 aromatic carbocycles. The van der Waals surface area contributed by atoms with Gasteiger partial charge in [-0.3, -0.25) is 10.1 Å². The fourth-order valence-electron chi connectivity index (χ4n) is 1.96. The van der Waals surface area contributed by atoms with E-state index in [4.69, 9.17) is 5.26 Å². The van der Waals surface area contributed by atoms with E-state index in [0.717, 1.165) is 0 Å². The van der Waals surface area contributed by atoms with Gasteiger partial charge in [0.2, 0.25) is 5.91 Å². The molecule has 1 amide bonds. The van der Waals surface area contributed by atoms with E-state index < -0.39 is 24.2 Å². The molecule has 0 aromatic rings. The molecule has 0 aromatic heterocycles. The van der Waals surface area contributed by atoms with Gasteiger partial charge in [0.05, 0.1) is 12.1 Å². The topological polar surface area (TPSA) is 64.9 Å². The van der Waals surface area contributed by atoms with Gasteiger partial charge in [0.15, 0.2) is 0 Å². The minimum atomic E-state index is -4.39. The van der Waals surface area contributed by atoms with Crippen LogP contribution in [0.5, 0.6) is 0 Å². The number of carbonyl (C=O) groups is 1. The van der Waals surface area contributed by atoms with Crippen LogP contribution in [-0.4, -0.2) is 30.7 Å². The first kappa shape index (κ1) is 19.7. The van der Waals surface area contributed by atoms with Crippen LogP contribution in [0.15, 0.2) is 0 Å². The number of nitrogens with one attached hydrogen (secondary N) is 2. The maximum Gasteiger partial charge on any atom is 0.403 e. The smallest absolute Gasteiger partial charge is 0.342 e. The van der Waals surface area contributed by atoms with Crippen LogP contribution < -0.4 is 10.6 Å². The lowest BCUT2D eigenvalue weighted by atomic mass is 10.0. The van der Waals surface area contributed by atoms with Crippen molar-refractivity contribution in [3.8, 4) is 6.07 Å². The molecule has 2 N–H and O–H groups in total. The van der Waals surface area contributed by atoms with Crippen LogP contribution in [0.3, 0.4) is 0 Å². The minimum absolute atomic E-state index is 0.0554. The van der Waals surface area contributed by atoms with Crippen molar-refractivity contribution in [2.24, 2.45) is 5.92 Å². The Morgan fingerprint density at radius 2 is 1.95 bits per heavy atom. The Balaban J connectivity index is 4.87. The highest BCUT2D eigenvalue weighted by atomic mass is 19.4. The fraction of sp³-hybridized carbons (Fsp3) is 0.857. The number of hydrogen-bond acceptors (Lipinski definition) is 3. The highest BCUT2D eigenvalue weighted by Gasteiger charge is 2.41. The molecule has 0 aliphatic rings. The van der Waals surface area contributed by atoms with Gasteiger partial charge >= 0.3 is 6.18 Å². The van der Waals surface area contributed by atoms with Gasteiger partial charge in [0.1, 0.15) is 12.6 Å². The molecule has 0 bridgehead atoms. The molecule has 0 saturated carbocycles. The first-order valence-corrected chi connectivity index (χ1v) is 7.19. The minimum Gasteiger partial charge on any atom is -0.342 e. The standard InChI is InChI=1S/C14H24F3N3O/c1-4-5-6-12(14(15,16)17)20-11(9-10(2)3)13(21)19-8-7-18/h10-12,20H,4-6,8-9H2,1-3H3,(H,19,21)/t11-,12-/m0/s1. The Morgan fingerprint density at radius 3 is 2.38 bits per heavy atom. The molecule has 0 saturated heterocycles. The van der Waals surface area contributed by atoms with Crippen LogP contribution in [0.25, 0.3) is 0 Å². The van der Waals surface area contributed by atoms with Crippen LogP contribution >= 0.6 is 0 Å². The zero-order valence-electron chi connectivity index (χ0n) is 12.8. The molecule has 21 heavy (non-hydrogen) atoms. The average Bonchev–Trinajstić information content (AvgIpc) is 2.37. The van der Waals surface area contributed by atoms with Gasteiger partial charge < -0.3 is 5.32 Å². The molecule has 0 aliphatic carbocycles. The largest absolute Gasteiger partial charge is 0.403 e. The van der Waals surface area contributed by atoms with Crippen molar-refractivity contribution in [1.82, 2.24) is 10.6 Å². The summed E-state index contributed by atoms with van der Waals surface area (Å²) in [7, 11) is 0. The zero-order chi connectivity index (χ0) is 16.5. The summed E-state index contributed by atoms with van der Waals surface area (Å²) in [5.74, 6) is -0.494. The summed E-state index contributed by atoms with van der Waals surface area (Å²) >= 11 is 0. The van der Waals surface area contributed by atoms with E-state index in [-0.39, 0.29) is 25.3 Å². The maximum atomic E-state index is 13.0. The van der Waals surface area contributed by atoms with Crippen molar-refractivity contribution in [2.45, 2.75) is 64.7 Å². The zero-order valence-corrected chi connectivity index (χ0v) is 12.8. The van der Waals surface area contributed by atoms with Crippen molar-refractivity contribution >= 4 is 5.91 Å². The average molecular weight is 307 g/mol. The molecule has 0 unspecified atom stereocenters. The Hall–Kier alpha value is -1.29. The summed E-state index contributed by atoms with van der Waals surface area (Å²) in [6.07, 6.45) is -3.06. The SMILES string of the molecule is CCCC[C@H](N[C@@H](CC(C)C)C(=O)NCC#N)C(F)(F)F. The lowest BCUT2D eigenvalue weighted by molar-refractivity contribution is -0.161. The summed E-state index contributed by atoms with van der Waals surface area (Å²) in [6, 6.07) is -0.900. The summed E-state index contributed by atoms with van der Waals surface area (Å²) < 4.78 is 39.0. The second kappa shape index (κ2) is 9.61. The third-order valence-electron chi connectivity index (χ3n) is 3.01. The molecule has 0 spiro atoms. The van der Waals surface area contributed by atoms with Crippen molar-refractivity contribution in [1.29, 1.82) is 5.26 Å². The lowest BCUT2D eigenvalue weighted by Crippen LogP contribution is -2.53. The first-order chi connectivity index (χ1) is 9.72. The van der Waals surface area contributed by atoms with E-state index in [1.807, 2.05) is 20.8 Å². The third-order valence-corrected chi connectivity index (χ3v) is 3.01. The van der Waals surface area contributed by atoms with Crippen LogP contribution in [0, 0.1) is 17.2 Å². The number of nitriles is 1. The summed E-state index contributed by atoms with van der Waals surface area (Å²) in [6.45, 7) is 5.28. The van der Waals surface area contributed by atoms with Gasteiger partial charge in [0.25, 0.3) is 0 Å². The van der Waals surface area contributed by atoms with Gasteiger partial charge in [-0.2, -0.15) is 18.4 Å². The number of hydrogen-bond donors (Lipinski definition) is 2. The molecular weight excluding hydrogens is 283 g/mol. The fourth-order valence-corrected chi connectivity index (χ4v) is 1.96. The van der Waals surface area contributed by atoms with E-state index in [9.17, 15) is 18.0 Å². The van der Waals surface area contributed by atoms with Crippen molar-refractivity contribution in [3.63, 3.8) is 0 Å². The van der Waals surface area contributed by atoms with Gasteiger partial charge in [-0.1, -0.05) is 33.6 Å². The van der Waals surface area contributed by atoms with E-state index >= 15 is 0 Å². The monoisotopic (exact) mass is 307 g/mol. The van der Waals surface area contributed by atoms with Gasteiger partial charge in [0, 0.05) is 0 Å². The Bertz CT molecular complexity index is 350. The number of nitrogens with zero attached hydrogens (tertiary/aromatic N) is 1. The molecule has 2 atom stereocenters. The number of carbonyl (C=O) groups excluding carboxylic acids is 1. The van der Waals surface area contributed by atoms with Crippen molar-refractivity contribution in [2.75, 3.05) is 6.54 Å². The number of halogens is 3. The number of unbranched alkanes of at least 4 members (excludes halogenated alkanes) is 1. The number of amides is 1. The number of rotatable bonds is 9. The van der Waals surface area contributed by atoms with E-state index in [2.05, 4.69) is 10.6 Å². The second-order valence-electron chi connectivity index (χ2n) is 5.46. The Kier molecular flexibility index (Phi) is 9.02. The maximum absolute atomic E-state index is 13.0. The molecule has 7 heteroatoms. The molecule has 0 heterocycles. The Labute approximate surface area is 124 Å². The van der Waals surface area contributed by atoms with Gasteiger partial charge in [-0.15, -0.1) is 0 Å². The summed E-state index contributed by atoms with van der Waals surface area (Å²) in [4.78, 5) is 11.9. The lowest BCUT2D eigenvalue weighted by Gasteiger charge is -2.27. The number of alkyl halides is 3. The normalized spacial score (nSPS) is 14.6.